The van der Waals surface area contributed by atoms with Crippen LogP contribution in [-0.4, -0.2) is 34.9 Å². The van der Waals surface area contributed by atoms with Crippen molar-refractivity contribution < 1.29 is 24.2 Å². The smallest absolute Gasteiger partial charge is 0.346 e. The Bertz CT molecular complexity index is 614. The van der Waals surface area contributed by atoms with Gasteiger partial charge in [0, 0.05) is 17.7 Å². The molecular formula is C11H11N3O7. The number of nitro groups is 2. The molecule has 0 fully saturated rings. The highest BCUT2D eigenvalue weighted by atomic mass is 16.6. The number of esters is 1. The zero-order valence-corrected chi connectivity index (χ0v) is 11.1. The number of nitrogens with zero attached hydrogens (tertiary/aromatic N) is 2. The van der Waals surface area contributed by atoms with Gasteiger partial charge in [-0.05, 0) is 13.0 Å². The summed E-state index contributed by atoms with van der Waals surface area (Å²) in [5.74, 6) is -1.48. The number of carbonyl (C=O) groups is 2. The van der Waals surface area contributed by atoms with Crippen molar-refractivity contribution in [2.75, 3.05) is 7.11 Å². The molecule has 0 aromatic heterocycles. The van der Waals surface area contributed by atoms with Gasteiger partial charge in [0.15, 0.2) is 0 Å². The molecule has 0 aliphatic heterocycles. The Labute approximate surface area is 118 Å². The van der Waals surface area contributed by atoms with E-state index < -0.39 is 39.1 Å². The molecule has 10 heteroatoms. The predicted octanol–water partition coefficient (Wildman–Crippen LogP) is 0.794. The van der Waals surface area contributed by atoms with Gasteiger partial charge in [0.05, 0.1) is 17.0 Å². The molecule has 0 spiro atoms. The molecule has 0 aliphatic rings. The molecule has 1 atom stereocenters. The fourth-order valence-electron chi connectivity index (χ4n) is 1.48. The number of benzene rings is 1. The lowest BCUT2D eigenvalue weighted by atomic mass is 10.1. The maximum atomic E-state index is 11.8. The number of nitrogens with one attached hydrogen (secondary N) is 1. The first-order valence-electron chi connectivity index (χ1n) is 5.59. The van der Waals surface area contributed by atoms with E-state index in [1.165, 1.54) is 6.92 Å². The summed E-state index contributed by atoms with van der Waals surface area (Å²) < 4.78 is 4.41. The SMILES string of the molecule is COC(=O)[C@H](C)NC(=O)c1ccc([N+](=O)[O-])c([N+](=O)[O-])c1. The number of methoxy groups -OCH3 is 1. The number of carbonyl (C=O) groups excluding carboxylic acids is 2. The number of amides is 1. The minimum absolute atomic E-state index is 0.178. The molecule has 0 heterocycles. The van der Waals surface area contributed by atoms with E-state index in [2.05, 4.69) is 10.1 Å². The summed E-state index contributed by atoms with van der Waals surface area (Å²) in [6, 6.07) is 1.73. The van der Waals surface area contributed by atoms with Crippen LogP contribution in [0.25, 0.3) is 0 Å². The van der Waals surface area contributed by atoms with E-state index in [4.69, 9.17) is 0 Å². The molecule has 1 N–H and O–H groups in total. The number of hydrogen-bond acceptors (Lipinski definition) is 7. The summed E-state index contributed by atoms with van der Waals surface area (Å²) >= 11 is 0. The van der Waals surface area contributed by atoms with Gasteiger partial charge in [0.1, 0.15) is 6.04 Å². The Balaban J connectivity index is 3.07. The molecule has 0 radical (unpaired) electrons. The number of rotatable bonds is 5. The second-order valence-electron chi connectivity index (χ2n) is 3.94. The molecule has 0 bridgehead atoms. The van der Waals surface area contributed by atoms with Crippen LogP contribution in [0.15, 0.2) is 18.2 Å². The summed E-state index contributed by atoms with van der Waals surface area (Å²) in [5, 5.41) is 23.7. The highest BCUT2D eigenvalue weighted by Gasteiger charge is 2.26. The van der Waals surface area contributed by atoms with Gasteiger partial charge in [-0.2, -0.15) is 0 Å². The number of hydrogen-bond donors (Lipinski definition) is 1. The molecular weight excluding hydrogens is 286 g/mol. The van der Waals surface area contributed by atoms with Gasteiger partial charge in [-0.25, -0.2) is 4.79 Å². The summed E-state index contributed by atoms with van der Waals surface area (Å²) in [6.07, 6.45) is 0. The van der Waals surface area contributed by atoms with Gasteiger partial charge < -0.3 is 10.1 Å². The van der Waals surface area contributed by atoms with Crippen LogP contribution in [0.1, 0.15) is 17.3 Å². The maximum Gasteiger partial charge on any atom is 0.346 e. The van der Waals surface area contributed by atoms with Gasteiger partial charge >= 0.3 is 17.3 Å². The van der Waals surface area contributed by atoms with Crippen molar-refractivity contribution in [3.8, 4) is 0 Å². The molecule has 0 aliphatic carbocycles. The van der Waals surface area contributed by atoms with Crippen LogP contribution in [0.5, 0.6) is 0 Å². The van der Waals surface area contributed by atoms with Crippen molar-refractivity contribution in [1.82, 2.24) is 5.32 Å². The fourth-order valence-corrected chi connectivity index (χ4v) is 1.48. The average molecular weight is 297 g/mol. The normalized spacial score (nSPS) is 11.3. The Kier molecular flexibility index (Phi) is 4.89. The van der Waals surface area contributed by atoms with Gasteiger partial charge in [0.2, 0.25) is 0 Å². The van der Waals surface area contributed by atoms with Crippen LogP contribution >= 0.6 is 0 Å². The second kappa shape index (κ2) is 6.41. The first kappa shape index (κ1) is 16.0. The maximum absolute atomic E-state index is 11.8. The van der Waals surface area contributed by atoms with Crippen LogP contribution in [0.4, 0.5) is 11.4 Å². The van der Waals surface area contributed by atoms with Gasteiger partial charge in [-0.1, -0.05) is 0 Å². The summed E-state index contributed by atoms with van der Waals surface area (Å²) in [6.45, 7) is 1.36. The third-order valence-electron chi connectivity index (χ3n) is 2.53. The van der Waals surface area contributed by atoms with Gasteiger partial charge in [0.25, 0.3) is 5.91 Å². The molecule has 0 saturated heterocycles. The highest BCUT2D eigenvalue weighted by molar-refractivity contribution is 5.97. The van der Waals surface area contributed by atoms with E-state index in [9.17, 15) is 29.8 Å². The predicted molar refractivity (Wildman–Crippen MR) is 68.7 cm³/mol. The van der Waals surface area contributed by atoms with Crippen LogP contribution in [0, 0.1) is 20.2 Å². The molecule has 0 saturated carbocycles. The minimum Gasteiger partial charge on any atom is -0.467 e. The Hall–Kier alpha value is -3.04. The molecule has 1 rings (SSSR count). The molecule has 1 aromatic carbocycles. The van der Waals surface area contributed by atoms with Crippen molar-refractivity contribution in [2.24, 2.45) is 0 Å². The largest absolute Gasteiger partial charge is 0.467 e. The lowest BCUT2D eigenvalue weighted by Gasteiger charge is -2.11. The third kappa shape index (κ3) is 3.72. The van der Waals surface area contributed by atoms with Crippen LogP contribution in [0.2, 0.25) is 0 Å². The van der Waals surface area contributed by atoms with Crippen molar-refractivity contribution in [2.45, 2.75) is 13.0 Å². The lowest BCUT2D eigenvalue weighted by molar-refractivity contribution is -0.422. The summed E-state index contributed by atoms with van der Waals surface area (Å²) in [4.78, 5) is 42.5. The third-order valence-corrected chi connectivity index (χ3v) is 2.53. The van der Waals surface area contributed by atoms with Crippen molar-refractivity contribution >= 4 is 23.3 Å². The Morgan fingerprint density at radius 2 is 1.76 bits per heavy atom. The van der Waals surface area contributed by atoms with Gasteiger partial charge in [-0.3, -0.25) is 25.0 Å². The molecule has 1 amide bonds. The number of nitro benzene ring substituents is 2. The fraction of sp³-hybridized carbons (Fsp3) is 0.273. The van der Waals surface area contributed by atoms with Crippen molar-refractivity contribution in [3.05, 3.63) is 44.0 Å². The van der Waals surface area contributed by atoms with Crippen LogP contribution in [-0.2, 0) is 9.53 Å². The Morgan fingerprint density at radius 1 is 1.19 bits per heavy atom. The zero-order chi connectivity index (χ0) is 16.2. The minimum atomic E-state index is -0.961. The van der Waals surface area contributed by atoms with E-state index in [0.717, 1.165) is 25.3 Å². The van der Waals surface area contributed by atoms with E-state index in [-0.39, 0.29) is 5.56 Å². The molecule has 21 heavy (non-hydrogen) atoms. The van der Waals surface area contributed by atoms with Crippen molar-refractivity contribution in [1.29, 1.82) is 0 Å². The standard InChI is InChI=1S/C11H11N3O7/c1-6(11(16)21-2)12-10(15)7-3-4-8(13(17)18)9(5-7)14(19)20/h3-6H,1-2H3,(H,12,15)/t6-/m0/s1. The van der Waals surface area contributed by atoms with Gasteiger partial charge in [-0.15, -0.1) is 0 Å². The average Bonchev–Trinajstić information content (AvgIpc) is 2.45. The van der Waals surface area contributed by atoms with Crippen molar-refractivity contribution in [3.63, 3.8) is 0 Å². The molecule has 0 unspecified atom stereocenters. The van der Waals surface area contributed by atoms with E-state index >= 15 is 0 Å². The second-order valence-corrected chi connectivity index (χ2v) is 3.94. The highest BCUT2D eigenvalue weighted by Crippen LogP contribution is 2.27. The van der Waals surface area contributed by atoms with E-state index in [1.807, 2.05) is 0 Å². The van der Waals surface area contributed by atoms with E-state index in [1.54, 1.807) is 0 Å². The van der Waals surface area contributed by atoms with Crippen LogP contribution in [0.3, 0.4) is 0 Å². The lowest BCUT2D eigenvalue weighted by Crippen LogP contribution is -2.39. The monoisotopic (exact) mass is 297 g/mol. The quantitative estimate of drug-likeness (QED) is 0.481. The molecule has 112 valence electrons. The summed E-state index contributed by atoms with van der Waals surface area (Å²) in [7, 11) is 1.14. The van der Waals surface area contributed by atoms with E-state index in [0.29, 0.717) is 0 Å². The van der Waals surface area contributed by atoms with Crippen LogP contribution < -0.4 is 5.32 Å². The Morgan fingerprint density at radius 3 is 2.24 bits per heavy atom. The summed E-state index contributed by atoms with van der Waals surface area (Å²) in [5.41, 5.74) is -1.71. The zero-order valence-electron chi connectivity index (χ0n) is 11.1. The first-order chi connectivity index (χ1) is 9.77. The molecule has 1 aromatic rings. The first-order valence-corrected chi connectivity index (χ1v) is 5.59. The number of ether oxygens (including phenoxy) is 1. The topological polar surface area (TPSA) is 142 Å². The molecule has 10 nitrogen and oxygen atoms in total.